The lowest BCUT2D eigenvalue weighted by molar-refractivity contribution is 0.480. The number of hydrogen-bond donors (Lipinski definition) is 2. The summed E-state index contributed by atoms with van der Waals surface area (Å²) in [4.78, 5) is 0. The van der Waals surface area contributed by atoms with Crippen molar-refractivity contribution in [1.29, 1.82) is 0 Å². The zero-order chi connectivity index (χ0) is 11.1. The van der Waals surface area contributed by atoms with E-state index in [1.54, 1.807) is 0 Å². The Balaban J connectivity index is 2.05. The van der Waals surface area contributed by atoms with Crippen molar-refractivity contribution in [2.24, 2.45) is 11.7 Å². The van der Waals surface area contributed by atoms with E-state index >= 15 is 0 Å². The molecule has 1 aliphatic rings. The molecule has 1 fully saturated rings. The quantitative estimate of drug-likeness (QED) is 0.641. The molecule has 15 heavy (non-hydrogen) atoms. The van der Waals surface area contributed by atoms with Crippen LogP contribution in [0.4, 0.5) is 0 Å². The largest absolute Gasteiger partial charge is 0.329 e. The lowest BCUT2D eigenvalue weighted by Crippen LogP contribution is -2.30. The van der Waals surface area contributed by atoms with Crippen molar-refractivity contribution < 1.29 is 8.42 Å². The normalized spacial score (nSPS) is 18.5. The van der Waals surface area contributed by atoms with E-state index in [0.29, 0.717) is 6.54 Å². The van der Waals surface area contributed by atoms with Crippen LogP contribution in [-0.2, 0) is 10.0 Å². The SMILES string of the molecule is NCCS(=O)(=O)NCCCC1CCCC1. The molecule has 0 spiro atoms. The monoisotopic (exact) mass is 234 g/mol. The van der Waals surface area contributed by atoms with Crippen LogP contribution in [0.2, 0.25) is 0 Å². The standard InChI is InChI=1S/C10H22N2O2S/c11-7-9-15(13,14)12-8-3-6-10-4-1-2-5-10/h10,12H,1-9,11H2. The molecule has 0 atom stereocenters. The molecule has 1 rings (SSSR count). The van der Waals surface area contributed by atoms with Crippen LogP contribution in [0, 0.1) is 5.92 Å². The maximum Gasteiger partial charge on any atom is 0.212 e. The molecule has 0 amide bonds. The predicted octanol–water partition coefficient (Wildman–Crippen LogP) is 0.835. The summed E-state index contributed by atoms with van der Waals surface area (Å²) in [6.45, 7) is 0.761. The first-order valence-electron chi connectivity index (χ1n) is 5.81. The van der Waals surface area contributed by atoms with Gasteiger partial charge in [-0.25, -0.2) is 13.1 Å². The highest BCUT2D eigenvalue weighted by Crippen LogP contribution is 2.28. The fourth-order valence-corrected chi connectivity index (χ4v) is 3.05. The van der Waals surface area contributed by atoms with Gasteiger partial charge in [-0.2, -0.15) is 0 Å². The number of nitrogens with one attached hydrogen (secondary N) is 1. The van der Waals surface area contributed by atoms with Gasteiger partial charge in [-0.1, -0.05) is 25.7 Å². The molecule has 0 saturated heterocycles. The minimum atomic E-state index is -3.10. The highest BCUT2D eigenvalue weighted by atomic mass is 32.2. The number of hydrogen-bond acceptors (Lipinski definition) is 3. The van der Waals surface area contributed by atoms with Gasteiger partial charge in [0, 0.05) is 13.1 Å². The van der Waals surface area contributed by atoms with Gasteiger partial charge < -0.3 is 5.73 Å². The van der Waals surface area contributed by atoms with Crippen LogP contribution in [0.1, 0.15) is 38.5 Å². The minimum absolute atomic E-state index is 0.0381. The van der Waals surface area contributed by atoms with E-state index in [-0.39, 0.29) is 12.3 Å². The Labute approximate surface area is 92.7 Å². The lowest BCUT2D eigenvalue weighted by Gasteiger charge is -2.09. The van der Waals surface area contributed by atoms with Crippen LogP contribution in [0.3, 0.4) is 0 Å². The van der Waals surface area contributed by atoms with Crippen LogP contribution in [0.15, 0.2) is 0 Å². The van der Waals surface area contributed by atoms with Gasteiger partial charge in [-0.05, 0) is 18.8 Å². The number of sulfonamides is 1. The molecule has 0 aliphatic heterocycles. The zero-order valence-electron chi connectivity index (χ0n) is 9.24. The van der Waals surface area contributed by atoms with Crippen LogP contribution in [0.5, 0.6) is 0 Å². The Morgan fingerprint density at radius 2 is 1.93 bits per heavy atom. The third kappa shape index (κ3) is 5.49. The van der Waals surface area contributed by atoms with Crippen molar-refractivity contribution in [2.75, 3.05) is 18.8 Å². The van der Waals surface area contributed by atoms with E-state index in [0.717, 1.165) is 18.8 Å². The molecule has 90 valence electrons. The second-order valence-corrected chi connectivity index (χ2v) is 6.22. The first kappa shape index (κ1) is 12.9. The van der Waals surface area contributed by atoms with Crippen LogP contribution in [-0.4, -0.2) is 27.3 Å². The van der Waals surface area contributed by atoms with Gasteiger partial charge in [0.15, 0.2) is 0 Å². The van der Waals surface area contributed by atoms with Crippen LogP contribution in [0.25, 0.3) is 0 Å². The first-order valence-corrected chi connectivity index (χ1v) is 7.46. The van der Waals surface area contributed by atoms with E-state index in [1.807, 2.05) is 0 Å². The second-order valence-electron chi connectivity index (χ2n) is 4.29. The number of nitrogens with two attached hydrogens (primary N) is 1. The molecular weight excluding hydrogens is 212 g/mol. The smallest absolute Gasteiger partial charge is 0.212 e. The van der Waals surface area contributed by atoms with E-state index in [1.165, 1.54) is 25.7 Å². The number of rotatable bonds is 7. The van der Waals surface area contributed by atoms with E-state index in [4.69, 9.17) is 5.73 Å². The summed E-state index contributed by atoms with van der Waals surface area (Å²) >= 11 is 0. The van der Waals surface area contributed by atoms with Crippen molar-refractivity contribution in [2.45, 2.75) is 38.5 Å². The Bertz CT molecular complexity index is 259. The fourth-order valence-electron chi connectivity index (χ4n) is 2.14. The first-order chi connectivity index (χ1) is 7.14. The molecule has 4 nitrogen and oxygen atoms in total. The Hall–Kier alpha value is -0.130. The Morgan fingerprint density at radius 3 is 2.53 bits per heavy atom. The van der Waals surface area contributed by atoms with Crippen molar-refractivity contribution in [3.05, 3.63) is 0 Å². The van der Waals surface area contributed by atoms with Gasteiger partial charge in [0.2, 0.25) is 10.0 Å². The van der Waals surface area contributed by atoms with Gasteiger partial charge >= 0.3 is 0 Å². The van der Waals surface area contributed by atoms with Gasteiger partial charge in [-0.3, -0.25) is 0 Å². The molecule has 0 aromatic carbocycles. The van der Waals surface area contributed by atoms with Gasteiger partial charge in [0.05, 0.1) is 5.75 Å². The van der Waals surface area contributed by atoms with Crippen LogP contribution < -0.4 is 10.5 Å². The summed E-state index contributed by atoms with van der Waals surface area (Å²) in [5, 5.41) is 0. The van der Waals surface area contributed by atoms with E-state index in [9.17, 15) is 8.42 Å². The summed E-state index contributed by atoms with van der Waals surface area (Å²) in [7, 11) is -3.10. The molecule has 0 aromatic heterocycles. The summed E-state index contributed by atoms with van der Waals surface area (Å²) in [5.74, 6) is 0.875. The molecule has 0 heterocycles. The van der Waals surface area contributed by atoms with Crippen molar-refractivity contribution in [3.8, 4) is 0 Å². The highest BCUT2D eigenvalue weighted by Gasteiger charge is 2.14. The second kappa shape index (κ2) is 6.45. The fraction of sp³-hybridized carbons (Fsp3) is 1.00. The van der Waals surface area contributed by atoms with E-state index < -0.39 is 10.0 Å². The molecule has 5 heteroatoms. The molecule has 1 aliphatic carbocycles. The summed E-state index contributed by atoms with van der Waals surface area (Å²) < 4.78 is 25.0. The van der Waals surface area contributed by atoms with Gasteiger partial charge in [0.25, 0.3) is 0 Å². The van der Waals surface area contributed by atoms with Gasteiger partial charge in [-0.15, -0.1) is 0 Å². The molecule has 0 unspecified atom stereocenters. The third-order valence-electron chi connectivity index (χ3n) is 2.97. The molecule has 1 saturated carbocycles. The van der Waals surface area contributed by atoms with E-state index in [2.05, 4.69) is 4.72 Å². The third-order valence-corrected chi connectivity index (χ3v) is 4.39. The maximum atomic E-state index is 11.2. The van der Waals surface area contributed by atoms with Crippen LogP contribution >= 0.6 is 0 Å². The summed E-state index contributed by atoms with van der Waals surface area (Å²) in [5.41, 5.74) is 5.20. The average Bonchev–Trinajstić information content (AvgIpc) is 2.65. The maximum absolute atomic E-state index is 11.2. The Morgan fingerprint density at radius 1 is 1.27 bits per heavy atom. The van der Waals surface area contributed by atoms with Crippen molar-refractivity contribution >= 4 is 10.0 Å². The molecule has 0 radical (unpaired) electrons. The van der Waals surface area contributed by atoms with Crippen molar-refractivity contribution in [3.63, 3.8) is 0 Å². The molecule has 3 N–H and O–H groups in total. The summed E-state index contributed by atoms with van der Waals surface area (Å²) in [6, 6.07) is 0. The minimum Gasteiger partial charge on any atom is -0.329 e. The zero-order valence-corrected chi connectivity index (χ0v) is 10.1. The predicted molar refractivity (Wildman–Crippen MR) is 62.0 cm³/mol. The lowest BCUT2D eigenvalue weighted by atomic mass is 10.0. The summed E-state index contributed by atoms with van der Waals surface area (Å²) in [6.07, 6.45) is 7.47. The van der Waals surface area contributed by atoms with Gasteiger partial charge in [0.1, 0.15) is 0 Å². The molecular formula is C10H22N2O2S. The van der Waals surface area contributed by atoms with Crippen molar-refractivity contribution in [1.82, 2.24) is 4.72 Å². The molecule has 0 bridgehead atoms. The Kier molecular flexibility index (Phi) is 5.56. The average molecular weight is 234 g/mol. The topological polar surface area (TPSA) is 72.2 Å². The molecule has 0 aromatic rings. The highest BCUT2D eigenvalue weighted by molar-refractivity contribution is 7.89.